The van der Waals surface area contributed by atoms with Crippen molar-refractivity contribution in [2.45, 2.75) is 0 Å². The van der Waals surface area contributed by atoms with Crippen LogP contribution in [0.2, 0.25) is 0 Å². The lowest BCUT2D eigenvalue weighted by atomic mass is 10.2. The Morgan fingerprint density at radius 2 is 1.85 bits per heavy atom. The molecule has 0 aliphatic rings. The molecule has 2 aromatic rings. The number of nitrogens with zero attached hydrogens (tertiary/aromatic N) is 1. The number of amides is 2. The van der Waals surface area contributed by atoms with Crippen LogP contribution in [0.3, 0.4) is 0 Å². The van der Waals surface area contributed by atoms with Crippen LogP contribution >= 0.6 is 0 Å². The zero-order valence-corrected chi connectivity index (χ0v) is 10.5. The summed E-state index contributed by atoms with van der Waals surface area (Å²) < 4.78 is 0. The third-order valence-corrected chi connectivity index (χ3v) is 2.58. The van der Waals surface area contributed by atoms with E-state index in [1.807, 2.05) is 0 Å². The van der Waals surface area contributed by atoms with Gasteiger partial charge in [-0.15, -0.1) is 0 Å². The fourth-order valence-corrected chi connectivity index (χ4v) is 1.66. The summed E-state index contributed by atoms with van der Waals surface area (Å²) in [5.41, 5.74) is 17.4. The Kier molecular flexibility index (Phi) is 3.52. The number of nitrogens with one attached hydrogen (secondary N) is 1. The minimum absolute atomic E-state index is 0.162. The van der Waals surface area contributed by atoms with E-state index in [-0.39, 0.29) is 11.4 Å². The van der Waals surface area contributed by atoms with Crippen LogP contribution in [0.5, 0.6) is 0 Å². The first-order valence-corrected chi connectivity index (χ1v) is 5.69. The van der Waals surface area contributed by atoms with Crippen LogP contribution in [0.1, 0.15) is 20.7 Å². The molecule has 7 heteroatoms. The maximum Gasteiger partial charge on any atom is 0.252 e. The summed E-state index contributed by atoms with van der Waals surface area (Å²) in [6, 6.07) is 7.92. The molecule has 0 spiro atoms. The predicted molar refractivity (Wildman–Crippen MR) is 75.4 cm³/mol. The molecule has 0 aliphatic heterocycles. The number of rotatable bonds is 4. The van der Waals surface area contributed by atoms with Crippen molar-refractivity contribution in [2.24, 2.45) is 11.5 Å². The molecule has 0 saturated heterocycles. The maximum absolute atomic E-state index is 11.4. The highest BCUT2D eigenvalue weighted by Crippen LogP contribution is 2.20. The van der Waals surface area contributed by atoms with Crippen LogP contribution in [-0.2, 0) is 0 Å². The van der Waals surface area contributed by atoms with Gasteiger partial charge in [-0.05, 0) is 24.3 Å². The van der Waals surface area contributed by atoms with Crippen LogP contribution in [0.4, 0.5) is 17.2 Å². The standard InChI is InChI=1S/C13H13N5O2/c14-8-5-10(12(16)20)13(17-6-8)18-9-3-1-2-7(4-9)11(15)19/h1-6H,14H2,(H2,15,19)(H2,16,20)(H,17,18). The fraction of sp³-hybridized carbons (Fsp3) is 0. The van der Waals surface area contributed by atoms with Gasteiger partial charge in [-0.1, -0.05) is 6.07 Å². The highest BCUT2D eigenvalue weighted by Gasteiger charge is 2.11. The average Bonchev–Trinajstić information content (AvgIpc) is 2.41. The summed E-state index contributed by atoms with van der Waals surface area (Å²) >= 11 is 0. The van der Waals surface area contributed by atoms with Gasteiger partial charge in [0.2, 0.25) is 5.91 Å². The lowest BCUT2D eigenvalue weighted by Gasteiger charge is -2.10. The van der Waals surface area contributed by atoms with Gasteiger partial charge >= 0.3 is 0 Å². The first-order valence-electron chi connectivity index (χ1n) is 5.69. The van der Waals surface area contributed by atoms with Gasteiger partial charge in [-0.25, -0.2) is 4.98 Å². The summed E-state index contributed by atoms with van der Waals surface area (Å²) in [5.74, 6) is -0.944. The Bertz CT molecular complexity index is 684. The van der Waals surface area contributed by atoms with Crippen molar-refractivity contribution in [3.63, 3.8) is 0 Å². The smallest absolute Gasteiger partial charge is 0.252 e. The SMILES string of the molecule is NC(=O)c1cccc(Nc2ncc(N)cc2C(N)=O)c1. The highest BCUT2D eigenvalue weighted by atomic mass is 16.1. The number of carbonyl (C=O) groups is 2. The van der Waals surface area contributed by atoms with Gasteiger partial charge in [0.25, 0.3) is 5.91 Å². The minimum Gasteiger partial charge on any atom is -0.397 e. The van der Waals surface area contributed by atoms with Crippen molar-refractivity contribution >= 4 is 29.0 Å². The van der Waals surface area contributed by atoms with Gasteiger partial charge in [-0.3, -0.25) is 9.59 Å². The zero-order chi connectivity index (χ0) is 14.7. The van der Waals surface area contributed by atoms with E-state index in [1.165, 1.54) is 12.3 Å². The van der Waals surface area contributed by atoms with Gasteiger partial charge in [0.05, 0.1) is 17.4 Å². The highest BCUT2D eigenvalue weighted by molar-refractivity contribution is 5.99. The normalized spacial score (nSPS) is 10.0. The lowest BCUT2D eigenvalue weighted by molar-refractivity contribution is 0.0992. The topological polar surface area (TPSA) is 137 Å². The molecule has 1 heterocycles. The molecule has 0 aliphatic carbocycles. The molecule has 2 amide bonds. The molecule has 20 heavy (non-hydrogen) atoms. The number of anilines is 3. The molecule has 0 atom stereocenters. The van der Waals surface area contributed by atoms with E-state index in [4.69, 9.17) is 17.2 Å². The quantitative estimate of drug-likeness (QED) is 0.645. The van der Waals surface area contributed by atoms with Gasteiger partial charge in [0, 0.05) is 11.3 Å². The van der Waals surface area contributed by atoms with Crippen molar-refractivity contribution in [3.05, 3.63) is 47.7 Å². The van der Waals surface area contributed by atoms with Gasteiger partial charge in [0.15, 0.2) is 0 Å². The molecule has 0 bridgehead atoms. The number of pyridine rings is 1. The molecule has 0 fully saturated rings. The van der Waals surface area contributed by atoms with Gasteiger partial charge in [-0.2, -0.15) is 0 Å². The van der Waals surface area contributed by atoms with E-state index in [9.17, 15) is 9.59 Å². The third-order valence-electron chi connectivity index (χ3n) is 2.58. The largest absolute Gasteiger partial charge is 0.397 e. The number of hydrogen-bond acceptors (Lipinski definition) is 5. The van der Waals surface area contributed by atoms with Crippen LogP contribution in [0.15, 0.2) is 36.5 Å². The molecule has 0 saturated carbocycles. The van der Waals surface area contributed by atoms with Gasteiger partial charge < -0.3 is 22.5 Å². The van der Waals surface area contributed by atoms with E-state index >= 15 is 0 Å². The summed E-state index contributed by atoms with van der Waals surface area (Å²) in [7, 11) is 0. The molecular formula is C13H13N5O2. The molecular weight excluding hydrogens is 258 g/mol. The first-order chi connectivity index (χ1) is 9.47. The van der Waals surface area contributed by atoms with Crippen molar-refractivity contribution in [2.75, 3.05) is 11.1 Å². The second kappa shape index (κ2) is 5.27. The molecule has 1 aromatic heterocycles. The monoisotopic (exact) mass is 271 g/mol. The molecule has 1 aromatic carbocycles. The predicted octanol–water partition coefficient (Wildman–Crippen LogP) is 0.605. The van der Waals surface area contributed by atoms with E-state index < -0.39 is 11.8 Å². The number of carbonyl (C=O) groups excluding carboxylic acids is 2. The second-order valence-corrected chi connectivity index (χ2v) is 4.10. The van der Waals surface area contributed by atoms with E-state index in [0.29, 0.717) is 16.9 Å². The molecule has 102 valence electrons. The molecule has 2 rings (SSSR count). The lowest BCUT2D eigenvalue weighted by Crippen LogP contribution is -2.15. The van der Waals surface area contributed by atoms with Crippen molar-refractivity contribution in [1.29, 1.82) is 0 Å². The number of nitrogen functional groups attached to an aromatic ring is 1. The summed E-state index contributed by atoms with van der Waals surface area (Å²) in [5, 5.41) is 2.90. The van der Waals surface area contributed by atoms with E-state index in [1.54, 1.807) is 24.3 Å². The fourth-order valence-electron chi connectivity index (χ4n) is 1.66. The van der Waals surface area contributed by atoms with Crippen LogP contribution < -0.4 is 22.5 Å². The zero-order valence-electron chi connectivity index (χ0n) is 10.5. The Labute approximate surface area is 114 Å². The molecule has 0 unspecified atom stereocenters. The van der Waals surface area contributed by atoms with Crippen LogP contribution in [-0.4, -0.2) is 16.8 Å². The number of nitrogens with two attached hydrogens (primary N) is 3. The van der Waals surface area contributed by atoms with Crippen LogP contribution in [0, 0.1) is 0 Å². The molecule has 7 nitrogen and oxygen atoms in total. The summed E-state index contributed by atoms with van der Waals surface area (Å²) in [6.07, 6.45) is 1.40. The minimum atomic E-state index is -0.654. The summed E-state index contributed by atoms with van der Waals surface area (Å²) in [6.45, 7) is 0. The molecule has 0 radical (unpaired) electrons. The average molecular weight is 271 g/mol. The Balaban J connectivity index is 2.37. The number of benzene rings is 1. The van der Waals surface area contributed by atoms with Crippen molar-refractivity contribution in [1.82, 2.24) is 4.98 Å². The number of aromatic nitrogens is 1. The van der Waals surface area contributed by atoms with Crippen LogP contribution in [0.25, 0.3) is 0 Å². The summed E-state index contributed by atoms with van der Waals surface area (Å²) in [4.78, 5) is 26.5. The third kappa shape index (κ3) is 2.83. The Morgan fingerprint density at radius 3 is 2.50 bits per heavy atom. The maximum atomic E-state index is 11.4. The first kappa shape index (κ1) is 13.3. The second-order valence-electron chi connectivity index (χ2n) is 4.10. The van der Waals surface area contributed by atoms with E-state index in [0.717, 1.165) is 0 Å². The Hall–Kier alpha value is -3.09. The van der Waals surface area contributed by atoms with E-state index in [2.05, 4.69) is 10.3 Å². The molecule has 7 N–H and O–H groups in total. The van der Waals surface area contributed by atoms with Crippen molar-refractivity contribution < 1.29 is 9.59 Å². The van der Waals surface area contributed by atoms with Gasteiger partial charge in [0.1, 0.15) is 5.82 Å². The number of hydrogen-bond donors (Lipinski definition) is 4. The van der Waals surface area contributed by atoms with Crippen molar-refractivity contribution in [3.8, 4) is 0 Å². The number of primary amides is 2. The Morgan fingerprint density at radius 1 is 1.10 bits per heavy atom.